The van der Waals surface area contributed by atoms with Gasteiger partial charge < -0.3 is 11.1 Å². The molecule has 3 N–H and O–H groups in total. The van der Waals surface area contributed by atoms with Crippen molar-refractivity contribution in [2.24, 2.45) is 10.7 Å². The highest BCUT2D eigenvalue weighted by Crippen LogP contribution is 2.17. The molecule has 0 amide bonds. The number of benzene rings is 1. The molecule has 1 aromatic carbocycles. The van der Waals surface area contributed by atoms with E-state index in [0.29, 0.717) is 30.5 Å². The van der Waals surface area contributed by atoms with E-state index in [-0.39, 0.29) is 5.82 Å². The maximum Gasteiger partial charge on any atom is 0.188 e. The van der Waals surface area contributed by atoms with Crippen LogP contribution in [0.2, 0.25) is 5.02 Å². The first-order valence-electron chi connectivity index (χ1n) is 7.03. The van der Waals surface area contributed by atoms with Crippen molar-refractivity contribution < 1.29 is 4.39 Å². The maximum absolute atomic E-state index is 12.9. The SMILES string of the molecule is NC(=NCCc1ccccn1)NCCc1ccc(F)cc1Cl. The summed E-state index contributed by atoms with van der Waals surface area (Å²) in [5.74, 6) is 0.0477. The zero-order chi connectivity index (χ0) is 15.8. The lowest BCUT2D eigenvalue weighted by Gasteiger charge is -2.07. The predicted molar refractivity (Wildman–Crippen MR) is 87.5 cm³/mol. The van der Waals surface area contributed by atoms with Gasteiger partial charge in [-0.25, -0.2) is 4.39 Å². The summed E-state index contributed by atoms with van der Waals surface area (Å²) in [5, 5.41) is 3.44. The molecule has 0 atom stereocenters. The Morgan fingerprint density at radius 3 is 2.86 bits per heavy atom. The molecule has 1 heterocycles. The molecule has 0 spiro atoms. The normalized spacial score (nSPS) is 11.5. The monoisotopic (exact) mass is 320 g/mol. The summed E-state index contributed by atoms with van der Waals surface area (Å²) in [6.07, 6.45) is 3.15. The summed E-state index contributed by atoms with van der Waals surface area (Å²) < 4.78 is 12.9. The predicted octanol–water partition coefficient (Wildman–Crippen LogP) is 2.56. The van der Waals surface area contributed by atoms with Crippen LogP contribution >= 0.6 is 11.6 Å². The molecule has 2 aromatic rings. The van der Waals surface area contributed by atoms with E-state index in [9.17, 15) is 4.39 Å². The van der Waals surface area contributed by atoms with Gasteiger partial charge in [-0.15, -0.1) is 0 Å². The molecule has 0 radical (unpaired) electrons. The summed E-state index contributed by atoms with van der Waals surface area (Å²) in [6.45, 7) is 1.16. The van der Waals surface area contributed by atoms with Gasteiger partial charge in [-0.2, -0.15) is 0 Å². The van der Waals surface area contributed by atoms with Crippen LogP contribution in [0.3, 0.4) is 0 Å². The van der Waals surface area contributed by atoms with E-state index >= 15 is 0 Å². The Morgan fingerprint density at radius 1 is 1.27 bits per heavy atom. The van der Waals surface area contributed by atoms with Crippen molar-refractivity contribution in [2.45, 2.75) is 12.8 Å². The number of hydrogen-bond acceptors (Lipinski definition) is 2. The number of hydrogen-bond donors (Lipinski definition) is 2. The lowest BCUT2D eigenvalue weighted by Crippen LogP contribution is -2.33. The average Bonchev–Trinajstić information content (AvgIpc) is 2.50. The summed E-state index contributed by atoms with van der Waals surface area (Å²) in [5.41, 5.74) is 7.65. The molecule has 6 heteroatoms. The highest BCUT2D eigenvalue weighted by molar-refractivity contribution is 6.31. The fourth-order valence-corrected chi connectivity index (χ4v) is 2.20. The highest BCUT2D eigenvalue weighted by atomic mass is 35.5. The molecule has 0 saturated carbocycles. The minimum Gasteiger partial charge on any atom is -0.370 e. The van der Waals surface area contributed by atoms with Crippen LogP contribution < -0.4 is 11.1 Å². The summed E-state index contributed by atoms with van der Waals surface area (Å²) in [7, 11) is 0. The number of aliphatic imine (C=N–C) groups is 1. The fourth-order valence-electron chi connectivity index (χ4n) is 1.94. The van der Waals surface area contributed by atoms with Crippen molar-refractivity contribution in [2.75, 3.05) is 13.1 Å². The number of nitrogens with one attached hydrogen (secondary N) is 1. The zero-order valence-corrected chi connectivity index (χ0v) is 12.9. The Kier molecular flexibility index (Phi) is 6.15. The van der Waals surface area contributed by atoms with Crippen LogP contribution in [0.1, 0.15) is 11.3 Å². The standard InChI is InChI=1S/C16H18ClFN4/c17-15-11-13(18)5-4-12(15)6-9-21-16(19)22-10-7-14-3-1-2-8-20-14/h1-5,8,11H,6-7,9-10H2,(H3,19,21,22). The number of rotatable bonds is 6. The first-order valence-corrected chi connectivity index (χ1v) is 7.40. The molecule has 0 aliphatic rings. The number of halogens is 2. The third-order valence-corrected chi connectivity index (χ3v) is 3.44. The van der Waals surface area contributed by atoms with E-state index in [2.05, 4.69) is 15.3 Å². The molecule has 1 aromatic heterocycles. The number of nitrogens with zero attached hydrogens (tertiary/aromatic N) is 2. The minimum atomic E-state index is -0.336. The third-order valence-electron chi connectivity index (χ3n) is 3.09. The second-order valence-electron chi connectivity index (χ2n) is 4.75. The summed E-state index contributed by atoms with van der Waals surface area (Å²) in [4.78, 5) is 8.46. The van der Waals surface area contributed by atoms with Gasteiger partial charge in [0, 0.05) is 36.4 Å². The van der Waals surface area contributed by atoms with E-state index in [4.69, 9.17) is 17.3 Å². The van der Waals surface area contributed by atoms with E-state index in [1.807, 2.05) is 18.2 Å². The van der Waals surface area contributed by atoms with Crippen LogP contribution in [0.15, 0.2) is 47.6 Å². The Morgan fingerprint density at radius 2 is 2.14 bits per heavy atom. The molecule has 4 nitrogen and oxygen atoms in total. The van der Waals surface area contributed by atoms with Crippen molar-refractivity contribution in [3.8, 4) is 0 Å². The van der Waals surface area contributed by atoms with Gasteiger partial charge in [0.25, 0.3) is 0 Å². The molecule has 116 valence electrons. The second-order valence-corrected chi connectivity index (χ2v) is 5.16. The number of nitrogens with two attached hydrogens (primary N) is 1. The first-order chi connectivity index (χ1) is 10.6. The molecule has 0 bridgehead atoms. The maximum atomic E-state index is 12.9. The minimum absolute atomic E-state index is 0.336. The fraction of sp³-hybridized carbons (Fsp3) is 0.250. The summed E-state index contributed by atoms with van der Waals surface area (Å²) in [6, 6.07) is 10.2. The lowest BCUT2D eigenvalue weighted by molar-refractivity contribution is 0.627. The second kappa shape index (κ2) is 8.34. The average molecular weight is 321 g/mol. The quantitative estimate of drug-likeness (QED) is 0.635. The van der Waals surface area contributed by atoms with Crippen LogP contribution in [0.5, 0.6) is 0 Å². The Bertz CT molecular complexity index is 631. The molecular weight excluding hydrogens is 303 g/mol. The lowest BCUT2D eigenvalue weighted by atomic mass is 10.1. The zero-order valence-electron chi connectivity index (χ0n) is 12.1. The van der Waals surface area contributed by atoms with Crippen molar-refractivity contribution in [3.05, 3.63) is 64.7 Å². The molecule has 22 heavy (non-hydrogen) atoms. The molecular formula is C16H18ClFN4. The van der Waals surface area contributed by atoms with Gasteiger partial charge in [-0.05, 0) is 36.2 Å². The van der Waals surface area contributed by atoms with Crippen LogP contribution in [-0.2, 0) is 12.8 Å². The van der Waals surface area contributed by atoms with Gasteiger partial charge in [-0.1, -0.05) is 23.7 Å². The van der Waals surface area contributed by atoms with Gasteiger partial charge in [-0.3, -0.25) is 9.98 Å². The van der Waals surface area contributed by atoms with Gasteiger partial charge in [0.05, 0.1) is 0 Å². The van der Waals surface area contributed by atoms with Crippen molar-refractivity contribution in [3.63, 3.8) is 0 Å². The topological polar surface area (TPSA) is 63.3 Å². The van der Waals surface area contributed by atoms with Crippen molar-refractivity contribution >= 4 is 17.6 Å². The number of guanidine groups is 1. The van der Waals surface area contributed by atoms with Crippen LogP contribution in [0, 0.1) is 5.82 Å². The van der Waals surface area contributed by atoms with Gasteiger partial charge >= 0.3 is 0 Å². The molecule has 0 aliphatic heterocycles. The third kappa shape index (κ3) is 5.33. The van der Waals surface area contributed by atoms with Gasteiger partial charge in [0.2, 0.25) is 0 Å². The van der Waals surface area contributed by atoms with Crippen LogP contribution in [-0.4, -0.2) is 24.0 Å². The molecule has 0 unspecified atom stereocenters. The smallest absolute Gasteiger partial charge is 0.188 e. The van der Waals surface area contributed by atoms with E-state index in [1.54, 1.807) is 12.3 Å². The largest absolute Gasteiger partial charge is 0.370 e. The first kappa shape index (κ1) is 16.2. The van der Waals surface area contributed by atoms with Gasteiger partial charge in [0.1, 0.15) is 5.82 Å². The summed E-state index contributed by atoms with van der Waals surface area (Å²) >= 11 is 5.96. The van der Waals surface area contributed by atoms with Gasteiger partial charge in [0.15, 0.2) is 5.96 Å². The number of pyridine rings is 1. The molecule has 2 rings (SSSR count). The van der Waals surface area contributed by atoms with Crippen LogP contribution in [0.25, 0.3) is 0 Å². The van der Waals surface area contributed by atoms with E-state index in [0.717, 1.165) is 17.7 Å². The van der Waals surface area contributed by atoms with E-state index in [1.165, 1.54) is 12.1 Å². The molecule has 0 aliphatic carbocycles. The Labute approximate surface area is 134 Å². The van der Waals surface area contributed by atoms with Crippen molar-refractivity contribution in [1.82, 2.24) is 10.3 Å². The highest BCUT2D eigenvalue weighted by Gasteiger charge is 2.02. The Balaban J connectivity index is 1.73. The van der Waals surface area contributed by atoms with Crippen molar-refractivity contribution in [1.29, 1.82) is 0 Å². The Hall–Kier alpha value is -2.14. The number of aromatic nitrogens is 1. The molecule has 0 saturated heterocycles. The van der Waals surface area contributed by atoms with Crippen LogP contribution in [0.4, 0.5) is 4.39 Å². The molecule has 0 fully saturated rings. The van der Waals surface area contributed by atoms with E-state index < -0.39 is 0 Å².